The van der Waals surface area contributed by atoms with E-state index in [0.717, 1.165) is 0 Å². The molecule has 1 aromatic rings. The summed E-state index contributed by atoms with van der Waals surface area (Å²) >= 11 is 0. The lowest BCUT2D eigenvalue weighted by Gasteiger charge is -2.28. The molecule has 0 radical (unpaired) electrons. The van der Waals surface area contributed by atoms with Crippen molar-refractivity contribution in [2.75, 3.05) is 45.8 Å². The molecule has 2 heterocycles. The maximum atomic E-state index is 14.1. The van der Waals surface area contributed by atoms with E-state index in [1.54, 1.807) is 12.1 Å². The van der Waals surface area contributed by atoms with Crippen LogP contribution in [0.25, 0.3) is 0 Å². The van der Waals surface area contributed by atoms with E-state index in [-0.39, 0.29) is 82.8 Å². The van der Waals surface area contributed by atoms with E-state index in [1.165, 1.54) is 30.3 Å². The molecular weight excluding hydrogens is 955 g/mol. The molecule has 1 aliphatic rings. The molecule has 0 unspecified atom stereocenters. The van der Waals surface area contributed by atoms with Crippen molar-refractivity contribution in [3.05, 3.63) is 41.9 Å². The highest BCUT2D eigenvalue weighted by Crippen LogP contribution is 2.20. The standard InChI is InChI=1S/C45H75N17O11/c1-26(56-42(70)36(34(63)23-49)61-38(66)28(50)11-2-4-16-46)37(65)55-25-35(64)57-30(13-6-18-48)43(71)62-21-9-15-33(62)41(69)60-32(22-27-10-7-19-53-24-27)40(68)58-29(12-3-5-17-47)39(67)59-31(44(72)73)14-8-20-54-45(51)52/h7,10,14,19,24,26,28-29,32-34,36,63H,2-6,8-9,11-13,15-18,20-23,25,46-50H2,1H3,(H,55,65)(H,56,70)(H,58,68)(H,59,67)(H,60,69)(H,61,66)(H,72,73)(H4,51,52,54)/b31-14-,57-30+/t26-,28-,29-,32-,33-,34-,36-/m0/s1. The number of unbranched alkanes of at least 4 members (excludes halogenated alkanes) is 2. The van der Waals surface area contributed by atoms with E-state index >= 15 is 0 Å². The molecule has 73 heavy (non-hydrogen) atoms. The van der Waals surface area contributed by atoms with Gasteiger partial charge in [0.15, 0.2) is 5.96 Å². The Labute approximate surface area is 423 Å². The number of likely N-dealkylation sites (tertiary alicyclic amines) is 1. The average molecular weight is 1030 g/mol. The van der Waals surface area contributed by atoms with Gasteiger partial charge in [0.25, 0.3) is 11.8 Å². The van der Waals surface area contributed by atoms with Crippen molar-refractivity contribution in [1.29, 1.82) is 5.41 Å². The van der Waals surface area contributed by atoms with Crippen LogP contribution in [0, 0.1) is 5.41 Å². The molecule has 1 aromatic heterocycles. The van der Waals surface area contributed by atoms with Gasteiger partial charge in [-0.2, -0.15) is 0 Å². The molecule has 2 rings (SSSR count). The molecule has 1 saturated heterocycles. The highest BCUT2D eigenvalue weighted by molar-refractivity contribution is 6.40. The van der Waals surface area contributed by atoms with E-state index in [2.05, 4.69) is 47.2 Å². The van der Waals surface area contributed by atoms with Crippen molar-refractivity contribution >= 4 is 64.9 Å². The summed E-state index contributed by atoms with van der Waals surface area (Å²) < 4.78 is 0. The van der Waals surface area contributed by atoms with Crippen LogP contribution in [0.3, 0.4) is 0 Å². The Morgan fingerprint density at radius 1 is 0.863 bits per heavy atom. The minimum atomic E-state index is -1.57. The van der Waals surface area contributed by atoms with Gasteiger partial charge in [-0.25, -0.2) is 9.79 Å². The van der Waals surface area contributed by atoms with Crippen LogP contribution in [0.4, 0.5) is 0 Å². The zero-order chi connectivity index (χ0) is 54.5. The molecule has 28 nitrogen and oxygen atoms in total. The molecule has 7 atom stereocenters. The minimum absolute atomic E-state index is 0.0449. The smallest absolute Gasteiger partial charge is 0.352 e. The van der Waals surface area contributed by atoms with Crippen LogP contribution in [-0.4, -0.2) is 173 Å². The second-order valence-electron chi connectivity index (χ2n) is 17.1. The molecule has 8 amide bonds. The molecule has 0 spiro atoms. The molecule has 0 aliphatic carbocycles. The summed E-state index contributed by atoms with van der Waals surface area (Å²) in [7, 11) is 0. The SMILES string of the molecule is C[C@H](NC(=O)[C@@H](NC(=O)[C@@H](N)CCCCN)[C@@H](O)CN)C(=O)NCC(=O)/N=C(\CCCN)C(=O)N1CCC[C@H]1C(=O)N[C@@H](Cc1cccnc1)C(=O)N[C@@H](CCCCN)C(=O)N/C(=C\CCNC(=N)N)C(=O)O. The van der Waals surface area contributed by atoms with Gasteiger partial charge < -0.3 is 86.7 Å². The van der Waals surface area contributed by atoms with Crippen molar-refractivity contribution < 1.29 is 53.4 Å². The number of aliphatic hydroxyl groups excluding tert-OH is 1. The number of nitrogens with one attached hydrogen (secondary N) is 8. The number of rotatable bonds is 33. The average Bonchev–Trinajstić information content (AvgIpc) is 3.86. The van der Waals surface area contributed by atoms with Crippen LogP contribution in [0.5, 0.6) is 0 Å². The first-order chi connectivity index (χ1) is 34.8. The third-order valence-corrected chi connectivity index (χ3v) is 11.3. The number of carboxylic acid groups (broad SMARTS) is 1. The number of pyridine rings is 1. The number of guanidine groups is 1. The maximum absolute atomic E-state index is 14.1. The zero-order valence-electron chi connectivity index (χ0n) is 41.2. The third-order valence-electron chi connectivity index (χ3n) is 11.3. The Morgan fingerprint density at radius 3 is 2.16 bits per heavy atom. The Kier molecular flexibility index (Phi) is 28.6. The first-order valence-corrected chi connectivity index (χ1v) is 24.1. The summed E-state index contributed by atoms with van der Waals surface area (Å²) in [6, 6.07) is -4.40. The van der Waals surface area contributed by atoms with Crippen LogP contribution < -0.4 is 71.6 Å². The van der Waals surface area contributed by atoms with Crippen LogP contribution in [-0.2, 0) is 49.6 Å². The number of aliphatic carboxylic acids is 1. The number of aliphatic hydroxyl groups is 1. The largest absolute Gasteiger partial charge is 0.477 e. The predicted octanol–water partition coefficient (Wildman–Crippen LogP) is -5.74. The van der Waals surface area contributed by atoms with Gasteiger partial charge >= 0.3 is 5.97 Å². The lowest BCUT2D eigenvalue weighted by atomic mass is 10.0. The Morgan fingerprint density at radius 2 is 1.55 bits per heavy atom. The number of nitrogens with zero attached hydrogens (tertiary/aromatic N) is 3. The highest BCUT2D eigenvalue weighted by atomic mass is 16.4. The highest BCUT2D eigenvalue weighted by Gasteiger charge is 2.38. The van der Waals surface area contributed by atoms with Crippen molar-refractivity contribution in [3.63, 3.8) is 0 Å². The molecule has 0 aromatic carbocycles. The Bertz CT molecular complexity index is 2090. The van der Waals surface area contributed by atoms with Crippen LogP contribution in [0.2, 0.25) is 0 Å². The van der Waals surface area contributed by atoms with Crippen molar-refractivity contribution in [2.45, 2.75) is 126 Å². The first-order valence-electron chi connectivity index (χ1n) is 24.1. The monoisotopic (exact) mass is 1030 g/mol. The minimum Gasteiger partial charge on any atom is -0.477 e. The fourth-order valence-electron chi connectivity index (χ4n) is 7.28. The van der Waals surface area contributed by atoms with Gasteiger partial charge in [0.05, 0.1) is 18.7 Å². The fourth-order valence-corrected chi connectivity index (χ4v) is 7.28. The third kappa shape index (κ3) is 22.5. The number of carbonyl (C=O) groups excluding carboxylic acids is 8. The number of aromatic nitrogens is 1. The van der Waals surface area contributed by atoms with Gasteiger partial charge in [-0.3, -0.25) is 48.7 Å². The van der Waals surface area contributed by atoms with Gasteiger partial charge in [0.1, 0.15) is 41.6 Å². The van der Waals surface area contributed by atoms with Gasteiger partial charge in [-0.15, -0.1) is 0 Å². The number of carboxylic acids is 1. The van der Waals surface area contributed by atoms with Crippen molar-refractivity contribution in [3.8, 4) is 0 Å². The summed E-state index contributed by atoms with van der Waals surface area (Å²) in [5.41, 5.74) is 33.4. The number of carbonyl (C=O) groups is 9. The normalized spacial score (nSPS) is 16.1. The van der Waals surface area contributed by atoms with E-state index in [1.807, 2.05) is 0 Å². The fraction of sp³-hybridized carbons (Fsp3) is 0.600. The second-order valence-corrected chi connectivity index (χ2v) is 17.1. The van der Waals surface area contributed by atoms with E-state index < -0.39 is 114 Å². The topological polar surface area (TPSA) is 487 Å². The summed E-state index contributed by atoms with van der Waals surface area (Å²) in [6.45, 7) is 1.06. The summed E-state index contributed by atoms with van der Waals surface area (Å²) in [5, 5.41) is 44.7. The van der Waals surface area contributed by atoms with Crippen molar-refractivity contribution in [1.82, 2.24) is 47.1 Å². The van der Waals surface area contributed by atoms with Crippen LogP contribution >= 0.6 is 0 Å². The van der Waals surface area contributed by atoms with Gasteiger partial charge in [0.2, 0.25) is 35.4 Å². The van der Waals surface area contributed by atoms with E-state index in [0.29, 0.717) is 44.2 Å². The lowest BCUT2D eigenvalue weighted by Crippen LogP contribution is -2.60. The van der Waals surface area contributed by atoms with Gasteiger partial charge in [-0.1, -0.05) is 18.6 Å². The lowest BCUT2D eigenvalue weighted by molar-refractivity contribution is -0.137. The number of nitrogens with two attached hydrogens (primary N) is 6. The quantitative estimate of drug-likeness (QED) is 0.0135. The number of hydrogen-bond acceptors (Lipinski definition) is 17. The zero-order valence-corrected chi connectivity index (χ0v) is 41.2. The summed E-state index contributed by atoms with van der Waals surface area (Å²) in [5.74, 6) is -8.50. The van der Waals surface area contributed by atoms with Crippen molar-refractivity contribution in [2.24, 2.45) is 39.4 Å². The maximum Gasteiger partial charge on any atom is 0.352 e. The van der Waals surface area contributed by atoms with E-state index in [4.69, 9.17) is 39.8 Å². The Balaban J connectivity index is 2.27. The molecule has 1 aliphatic heterocycles. The molecule has 0 saturated carbocycles. The van der Waals surface area contributed by atoms with Crippen LogP contribution in [0.1, 0.15) is 83.1 Å². The van der Waals surface area contributed by atoms with E-state index in [9.17, 15) is 53.4 Å². The summed E-state index contributed by atoms with van der Waals surface area (Å²) in [6.07, 6.45) is 5.53. The summed E-state index contributed by atoms with van der Waals surface area (Å²) in [4.78, 5) is 129. The number of hydrogen-bond donors (Lipinski definition) is 16. The second kappa shape index (κ2) is 33.6. The molecule has 0 bridgehead atoms. The number of amides is 8. The van der Waals surface area contributed by atoms with Gasteiger partial charge in [-0.05, 0) is 102 Å². The number of aliphatic imine (C=N–C) groups is 1. The molecule has 1 fully saturated rings. The molecule has 28 heteroatoms. The molecule has 22 N–H and O–H groups in total. The predicted molar refractivity (Wildman–Crippen MR) is 267 cm³/mol. The molecular formula is C45H75N17O11. The Hall–Kier alpha value is -6.98. The van der Waals surface area contributed by atoms with Crippen LogP contribution in [0.15, 0.2) is 41.3 Å². The first kappa shape index (κ1) is 62.1. The van der Waals surface area contributed by atoms with Gasteiger partial charge in [0, 0.05) is 38.4 Å². The molecule has 406 valence electrons.